The van der Waals surface area contributed by atoms with E-state index in [2.05, 4.69) is 10.3 Å². The van der Waals surface area contributed by atoms with Gasteiger partial charge >= 0.3 is 0 Å². The van der Waals surface area contributed by atoms with Crippen LogP contribution in [0.5, 0.6) is 11.5 Å². The number of ether oxygens (including phenoxy) is 1. The van der Waals surface area contributed by atoms with Crippen LogP contribution in [0.25, 0.3) is 0 Å². The number of benzene rings is 2. The van der Waals surface area contributed by atoms with E-state index in [4.69, 9.17) is 21.5 Å². The molecule has 0 saturated heterocycles. The molecule has 27 heavy (non-hydrogen) atoms. The molecule has 0 aliphatic heterocycles. The number of halogens is 1. The maximum absolute atomic E-state index is 12.4. The Balaban J connectivity index is 1.80. The Morgan fingerprint density at radius 1 is 1.07 bits per heavy atom. The Hall–Kier alpha value is -2.94. The van der Waals surface area contributed by atoms with Gasteiger partial charge in [-0.1, -0.05) is 11.6 Å². The first kappa shape index (κ1) is 18.8. The Morgan fingerprint density at radius 2 is 1.81 bits per heavy atom. The van der Waals surface area contributed by atoms with Crippen LogP contribution in [-0.4, -0.2) is 19.3 Å². The van der Waals surface area contributed by atoms with Crippen molar-refractivity contribution in [3.05, 3.63) is 77.6 Å². The molecule has 1 aromatic heterocycles. The fourth-order valence-corrected chi connectivity index (χ4v) is 2.97. The lowest BCUT2D eigenvalue weighted by molar-refractivity contribution is 0.102. The van der Waals surface area contributed by atoms with Crippen LogP contribution in [0.4, 0.5) is 5.69 Å². The highest BCUT2D eigenvalue weighted by atomic mass is 35.5. The molecule has 7 nitrogen and oxygen atoms in total. The topological polar surface area (TPSA) is 111 Å². The highest BCUT2D eigenvalue weighted by molar-refractivity contribution is 7.89. The number of nitrogens with two attached hydrogens (primary N) is 1. The van der Waals surface area contributed by atoms with E-state index in [-0.39, 0.29) is 10.8 Å². The summed E-state index contributed by atoms with van der Waals surface area (Å²) in [6.07, 6.45) is 3.12. The van der Waals surface area contributed by atoms with Crippen molar-refractivity contribution in [3.8, 4) is 11.5 Å². The van der Waals surface area contributed by atoms with E-state index in [0.717, 1.165) is 0 Å². The van der Waals surface area contributed by atoms with Gasteiger partial charge in [0.2, 0.25) is 10.0 Å². The number of amides is 1. The molecule has 1 heterocycles. The smallest absolute Gasteiger partial charge is 0.255 e. The van der Waals surface area contributed by atoms with Crippen LogP contribution >= 0.6 is 11.6 Å². The van der Waals surface area contributed by atoms with Gasteiger partial charge < -0.3 is 10.1 Å². The van der Waals surface area contributed by atoms with Crippen LogP contribution in [0, 0.1) is 0 Å². The molecule has 2 aromatic carbocycles. The SMILES string of the molecule is NS(=O)(=O)c1ccc(Oc2cc(Cl)cc(C(=O)Nc3cccnc3)c2)cc1. The lowest BCUT2D eigenvalue weighted by atomic mass is 10.2. The predicted octanol–water partition coefficient (Wildman–Crippen LogP) is 3.43. The number of anilines is 1. The summed E-state index contributed by atoms with van der Waals surface area (Å²) in [4.78, 5) is 16.3. The lowest BCUT2D eigenvalue weighted by Gasteiger charge is -2.10. The number of aromatic nitrogens is 1. The third kappa shape index (κ3) is 5.04. The van der Waals surface area contributed by atoms with Gasteiger partial charge in [0.25, 0.3) is 5.91 Å². The molecule has 3 rings (SSSR count). The summed E-state index contributed by atoms with van der Waals surface area (Å²) in [5.41, 5.74) is 0.839. The second-order valence-corrected chi connectivity index (χ2v) is 7.49. The molecule has 0 aliphatic carbocycles. The first-order valence-corrected chi connectivity index (χ1v) is 9.56. The monoisotopic (exact) mass is 403 g/mol. The quantitative estimate of drug-likeness (QED) is 0.677. The summed E-state index contributed by atoms with van der Waals surface area (Å²) < 4.78 is 28.2. The van der Waals surface area contributed by atoms with Gasteiger partial charge in [-0.15, -0.1) is 0 Å². The van der Waals surface area contributed by atoms with Gasteiger partial charge in [-0.2, -0.15) is 0 Å². The molecular formula is C18H14ClN3O4S. The Labute approximate surface area is 160 Å². The first-order chi connectivity index (χ1) is 12.8. The largest absolute Gasteiger partial charge is 0.457 e. The van der Waals surface area contributed by atoms with Crippen molar-refractivity contribution in [1.29, 1.82) is 0 Å². The number of rotatable bonds is 5. The Bertz CT molecular complexity index is 1070. The minimum atomic E-state index is -3.78. The van der Waals surface area contributed by atoms with Crippen molar-refractivity contribution in [2.75, 3.05) is 5.32 Å². The van der Waals surface area contributed by atoms with Crippen LogP contribution in [0.3, 0.4) is 0 Å². The fourth-order valence-electron chi connectivity index (χ4n) is 2.23. The lowest BCUT2D eigenvalue weighted by Crippen LogP contribution is -2.12. The van der Waals surface area contributed by atoms with Crippen LogP contribution < -0.4 is 15.2 Å². The number of sulfonamides is 1. The highest BCUT2D eigenvalue weighted by Gasteiger charge is 2.11. The maximum atomic E-state index is 12.4. The Kier molecular flexibility index (Phi) is 5.41. The summed E-state index contributed by atoms with van der Waals surface area (Å²) in [7, 11) is -3.78. The van der Waals surface area contributed by atoms with E-state index >= 15 is 0 Å². The number of nitrogens with one attached hydrogen (secondary N) is 1. The number of hydrogen-bond acceptors (Lipinski definition) is 5. The molecule has 1 amide bonds. The zero-order chi connectivity index (χ0) is 19.4. The molecular weight excluding hydrogens is 390 g/mol. The van der Waals surface area contributed by atoms with Gasteiger partial charge in [0.1, 0.15) is 11.5 Å². The number of nitrogens with zero attached hydrogens (tertiary/aromatic N) is 1. The van der Waals surface area contributed by atoms with Gasteiger partial charge in [0.05, 0.1) is 16.8 Å². The van der Waals surface area contributed by atoms with Crippen molar-refractivity contribution >= 4 is 33.2 Å². The fraction of sp³-hybridized carbons (Fsp3) is 0. The normalized spacial score (nSPS) is 11.0. The predicted molar refractivity (Wildman–Crippen MR) is 102 cm³/mol. The first-order valence-electron chi connectivity index (χ1n) is 7.64. The molecule has 0 spiro atoms. The van der Waals surface area contributed by atoms with Crippen LogP contribution in [-0.2, 0) is 10.0 Å². The molecule has 0 aliphatic rings. The standard InChI is InChI=1S/C18H14ClN3O4S/c19-13-8-12(18(23)22-14-2-1-7-21-11-14)9-16(10-13)26-15-3-5-17(6-4-15)27(20,24)25/h1-11H,(H,22,23)(H2,20,24,25). The average molecular weight is 404 g/mol. The summed E-state index contributed by atoms with van der Waals surface area (Å²) in [6, 6.07) is 13.5. The highest BCUT2D eigenvalue weighted by Crippen LogP contribution is 2.27. The van der Waals surface area contributed by atoms with E-state index in [1.54, 1.807) is 18.3 Å². The number of pyridine rings is 1. The van der Waals surface area contributed by atoms with E-state index in [1.807, 2.05) is 0 Å². The van der Waals surface area contributed by atoms with Crippen molar-refractivity contribution in [2.45, 2.75) is 4.90 Å². The van der Waals surface area contributed by atoms with Gasteiger partial charge in [-0.25, -0.2) is 13.6 Å². The van der Waals surface area contributed by atoms with E-state index in [0.29, 0.717) is 27.8 Å². The molecule has 3 aromatic rings. The number of hydrogen-bond donors (Lipinski definition) is 2. The third-order valence-electron chi connectivity index (χ3n) is 3.44. The Morgan fingerprint density at radius 3 is 2.44 bits per heavy atom. The van der Waals surface area contributed by atoms with Gasteiger partial charge in [0, 0.05) is 16.8 Å². The molecule has 0 atom stereocenters. The second-order valence-electron chi connectivity index (χ2n) is 5.49. The van der Waals surface area contributed by atoms with Gasteiger partial charge in [0.15, 0.2) is 0 Å². The van der Waals surface area contributed by atoms with Gasteiger partial charge in [-0.3, -0.25) is 9.78 Å². The average Bonchev–Trinajstić information content (AvgIpc) is 2.62. The third-order valence-corrected chi connectivity index (χ3v) is 4.59. The molecule has 0 fully saturated rings. The zero-order valence-electron chi connectivity index (χ0n) is 13.8. The number of carbonyl (C=O) groups is 1. The van der Waals surface area contributed by atoms with Crippen molar-refractivity contribution in [1.82, 2.24) is 4.98 Å². The minimum absolute atomic E-state index is 0.0301. The second kappa shape index (κ2) is 7.75. The molecule has 9 heteroatoms. The van der Waals surface area contributed by atoms with E-state index < -0.39 is 10.0 Å². The van der Waals surface area contributed by atoms with Crippen LogP contribution in [0.15, 0.2) is 71.9 Å². The summed E-state index contributed by atoms with van der Waals surface area (Å²) in [5, 5.41) is 8.08. The summed E-state index contributed by atoms with van der Waals surface area (Å²) >= 11 is 6.08. The molecule has 0 unspecified atom stereocenters. The minimum Gasteiger partial charge on any atom is -0.457 e. The number of primary sulfonamides is 1. The molecule has 0 saturated carbocycles. The number of carbonyl (C=O) groups excluding carboxylic acids is 1. The summed E-state index contributed by atoms with van der Waals surface area (Å²) in [5.74, 6) is 0.311. The molecule has 0 bridgehead atoms. The molecule has 138 valence electrons. The van der Waals surface area contributed by atoms with E-state index in [9.17, 15) is 13.2 Å². The van der Waals surface area contributed by atoms with Crippen LogP contribution in [0.1, 0.15) is 10.4 Å². The molecule has 3 N–H and O–H groups in total. The van der Waals surface area contributed by atoms with Crippen LogP contribution in [0.2, 0.25) is 5.02 Å². The maximum Gasteiger partial charge on any atom is 0.255 e. The van der Waals surface area contributed by atoms with E-state index in [1.165, 1.54) is 48.7 Å². The zero-order valence-corrected chi connectivity index (χ0v) is 15.4. The summed E-state index contributed by atoms with van der Waals surface area (Å²) in [6.45, 7) is 0. The van der Waals surface area contributed by atoms with Crippen molar-refractivity contribution in [3.63, 3.8) is 0 Å². The van der Waals surface area contributed by atoms with Crippen molar-refractivity contribution in [2.24, 2.45) is 5.14 Å². The molecule has 0 radical (unpaired) electrons. The van der Waals surface area contributed by atoms with Gasteiger partial charge in [-0.05, 0) is 54.6 Å². The van der Waals surface area contributed by atoms with Crippen molar-refractivity contribution < 1.29 is 17.9 Å².